The van der Waals surface area contributed by atoms with Gasteiger partial charge in [0.1, 0.15) is 0 Å². The molecule has 0 unspecified atom stereocenters. The van der Waals surface area contributed by atoms with E-state index in [2.05, 4.69) is 5.32 Å². The van der Waals surface area contributed by atoms with Crippen LogP contribution in [0.5, 0.6) is 11.5 Å². The number of allylic oxidation sites excluding steroid dienone is 2. The van der Waals surface area contributed by atoms with E-state index in [0.717, 1.165) is 28.0 Å². The SMILES string of the molecule is COc1ccc([C@@H]2CC(=O)C3=C(C2)NC(=O)C[C@H]3c2ccc(C)cc2)cc1OC. The van der Waals surface area contributed by atoms with E-state index < -0.39 is 0 Å². The fraction of sp³-hybridized carbons (Fsp3) is 0.333. The van der Waals surface area contributed by atoms with Gasteiger partial charge in [0, 0.05) is 30.0 Å². The highest BCUT2D eigenvalue weighted by atomic mass is 16.5. The van der Waals surface area contributed by atoms with Crippen molar-refractivity contribution in [3.63, 3.8) is 0 Å². The van der Waals surface area contributed by atoms with Crippen LogP contribution < -0.4 is 14.8 Å². The summed E-state index contributed by atoms with van der Waals surface area (Å²) >= 11 is 0. The van der Waals surface area contributed by atoms with Gasteiger partial charge in [-0.25, -0.2) is 0 Å². The van der Waals surface area contributed by atoms with Crippen molar-refractivity contribution < 1.29 is 19.1 Å². The molecule has 0 aromatic heterocycles. The number of ketones is 1. The highest BCUT2D eigenvalue weighted by molar-refractivity contribution is 6.02. The van der Waals surface area contributed by atoms with Gasteiger partial charge in [-0.3, -0.25) is 9.59 Å². The number of benzene rings is 2. The third kappa shape index (κ3) is 3.65. The Morgan fingerprint density at radius 1 is 0.862 bits per heavy atom. The minimum atomic E-state index is -0.168. The van der Waals surface area contributed by atoms with Crippen LogP contribution in [-0.2, 0) is 9.59 Å². The molecule has 0 saturated heterocycles. The van der Waals surface area contributed by atoms with Gasteiger partial charge in [0.2, 0.25) is 5.91 Å². The molecule has 1 aliphatic heterocycles. The number of ether oxygens (including phenoxy) is 2. The molecule has 2 aromatic rings. The molecule has 0 bridgehead atoms. The molecule has 4 rings (SSSR count). The summed E-state index contributed by atoms with van der Waals surface area (Å²) in [5.41, 5.74) is 4.73. The zero-order valence-electron chi connectivity index (χ0n) is 17.0. The van der Waals surface area contributed by atoms with Crippen LogP contribution in [0.4, 0.5) is 0 Å². The summed E-state index contributed by atoms with van der Waals surface area (Å²) in [4.78, 5) is 25.6. The number of hydrogen-bond acceptors (Lipinski definition) is 4. The van der Waals surface area contributed by atoms with Crippen LogP contribution in [0, 0.1) is 6.92 Å². The Hall–Kier alpha value is -3.08. The van der Waals surface area contributed by atoms with Gasteiger partial charge in [-0.2, -0.15) is 0 Å². The normalized spacial score (nSPS) is 21.5. The molecule has 5 nitrogen and oxygen atoms in total. The monoisotopic (exact) mass is 391 g/mol. The molecule has 2 atom stereocenters. The van der Waals surface area contributed by atoms with Crippen LogP contribution >= 0.6 is 0 Å². The van der Waals surface area contributed by atoms with Gasteiger partial charge in [0.25, 0.3) is 0 Å². The molecule has 5 heteroatoms. The summed E-state index contributed by atoms with van der Waals surface area (Å²) in [5, 5.41) is 2.97. The lowest BCUT2D eigenvalue weighted by atomic mass is 9.73. The molecular weight excluding hydrogens is 366 g/mol. The zero-order valence-corrected chi connectivity index (χ0v) is 17.0. The maximum Gasteiger partial charge on any atom is 0.225 e. The summed E-state index contributed by atoms with van der Waals surface area (Å²) in [6.45, 7) is 2.03. The van der Waals surface area contributed by atoms with E-state index >= 15 is 0 Å². The molecule has 1 heterocycles. The zero-order chi connectivity index (χ0) is 20.5. The average Bonchev–Trinajstić information content (AvgIpc) is 2.72. The Morgan fingerprint density at radius 3 is 2.24 bits per heavy atom. The largest absolute Gasteiger partial charge is 0.493 e. The van der Waals surface area contributed by atoms with Gasteiger partial charge in [0.05, 0.1) is 14.2 Å². The number of Topliss-reactive ketones (excluding diaryl/α,β-unsaturated/α-hetero) is 1. The lowest BCUT2D eigenvalue weighted by molar-refractivity contribution is -0.122. The van der Waals surface area contributed by atoms with Gasteiger partial charge < -0.3 is 14.8 Å². The molecule has 1 aliphatic carbocycles. The van der Waals surface area contributed by atoms with Gasteiger partial charge in [-0.15, -0.1) is 0 Å². The molecule has 0 saturated carbocycles. The molecule has 150 valence electrons. The summed E-state index contributed by atoms with van der Waals surface area (Å²) in [5.74, 6) is 1.20. The fourth-order valence-corrected chi connectivity index (χ4v) is 4.39. The van der Waals surface area contributed by atoms with Crippen molar-refractivity contribution in [2.75, 3.05) is 14.2 Å². The van der Waals surface area contributed by atoms with E-state index in [9.17, 15) is 9.59 Å². The number of rotatable bonds is 4. The first kappa shape index (κ1) is 19.2. The third-order valence-corrected chi connectivity index (χ3v) is 5.89. The van der Waals surface area contributed by atoms with Crippen molar-refractivity contribution in [2.24, 2.45) is 0 Å². The second kappa shape index (κ2) is 7.74. The molecular formula is C24H25NO4. The Labute approximate surface area is 170 Å². The van der Waals surface area contributed by atoms with Crippen molar-refractivity contribution in [1.82, 2.24) is 5.32 Å². The third-order valence-electron chi connectivity index (χ3n) is 5.89. The molecule has 1 N–H and O–H groups in total. The van der Waals surface area contributed by atoms with E-state index in [1.807, 2.05) is 49.4 Å². The van der Waals surface area contributed by atoms with E-state index in [4.69, 9.17) is 9.47 Å². The first-order valence-corrected chi connectivity index (χ1v) is 9.84. The summed E-state index contributed by atoms with van der Waals surface area (Å²) in [6.07, 6.45) is 1.37. The quantitative estimate of drug-likeness (QED) is 0.855. The Bertz CT molecular complexity index is 990. The molecule has 0 spiro atoms. The second-order valence-electron chi connectivity index (χ2n) is 7.75. The van der Waals surface area contributed by atoms with Crippen molar-refractivity contribution >= 4 is 11.7 Å². The first-order chi connectivity index (χ1) is 14.0. The van der Waals surface area contributed by atoms with Crippen LogP contribution in [0.25, 0.3) is 0 Å². The summed E-state index contributed by atoms with van der Waals surface area (Å²) < 4.78 is 10.7. The van der Waals surface area contributed by atoms with Crippen LogP contribution in [0.15, 0.2) is 53.7 Å². The smallest absolute Gasteiger partial charge is 0.225 e. The summed E-state index contributed by atoms with van der Waals surface area (Å²) in [6, 6.07) is 13.9. The Balaban J connectivity index is 1.68. The van der Waals surface area contributed by atoms with Crippen LogP contribution in [0.1, 0.15) is 47.8 Å². The predicted octanol–water partition coefficient (Wildman–Crippen LogP) is 4.02. The molecule has 1 amide bonds. The number of nitrogens with one attached hydrogen (secondary N) is 1. The van der Waals surface area contributed by atoms with Crippen molar-refractivity contribution in [2.45, 2.75) is 38.0 Å². The molecule has 29 heavy (non-hydrogen) atoms. The van der Waals surface area contributed by atoms with Gasteiger partial charge in [0.15, 0.2) is 17.3 Å². The maximum absolute atomic E-state index is 13.2. The fourth-order valence-electron chi connectivity index (χ4n) is 4.39. The molecule has 2 aromatic carbocycles. The van der Waals surface area contributed by atoms with E-state index in [-0.39, 0.29) is 23.5 Å². The van der Waals surface area contributed by atoms with Crippen molar-refractivity contribution in [3.05, 3.63) is 70.4 Å². The minimum Gasteiger partial charge on any atom is -0.493 e. The standard InChI is InChI=1S/C24H25NO4/c1-14-4-6-15(7-5-14)18-13-23(27)25-19-10-17(11-20(26)24(18)19)16-8-9-21(28-2)22(12-16)29-3/h4-9,12,17-18H,10-11,13H2,1-3H3,(H,25,27)/t17-,18-/m0/s1. The van der Waals surface area contributed by atoms with Gasteiger partial charge in [-0.1, -0.05) is 35.9 Å². The van der Waals surface area contributed by atoms with Crippen LogP contribution in [0.2, 0.25) is 0 Å². The number of amides is 1. The average molecular weight is 391 g/mol. The Kier molecular flexibility index (Phi) is 5.14. The van der Waals surface area contributed by atoms with E-state index in [0.29, 0.717) is 30.8 Å². The number of carbonyl (C=O) groups is 2. The van der Waals surface area contributed by atoms with Crippen molar-refractivity contribution in [3.8, 4) is 11.5 Å². The minimum absolute atomic E-state index is 0.00174. The Morgan fingerprint density at radius 2 is 1.55 bits per heavy atom. The molecule has 0 fully saturated rings. The predicted molar refractivity (Wildman–Crippen MR) is 110 cm³/mol. The van der Waals surface area contributed by atoms with E-state index in [1.165, 1.54) is 0 Å². The lowest BCUT2D eigenvalue weighted by Crippen LogP contribution is -2.38. The lowest BCUT2D eigenvalue weighted by Gasteiger charge is -2.34. The highest BCUT2D eigenvalue weighted by Crippen LogP contribution is 2.43. The van der Waals surface area contributed by atoms with Crippen LogP contribution in [0.3, 0.4) is 0 Å². The van der Waals surface area contributed by atoms with Gasteiger partial charge in [-0.05, 0) is 42.5 Å². The van der Waals surface area contributed by atoms with Crippen molar-refractivity contribution in [1.29, 1.82) is 0 Å². The molecule has 0 radical (unpaired) electrons. The second-order valence-corrected chi connectivity index (χ2v) is 7.75. The topological polar surface area (TPSA) is 64.6 Å². The maximum atomic E-state index is 13.2. The number of carbonyl (C=O) groups excluding carboxylic acids is 2. The summed E-state index contributed by atoms with van der Waals surface area (Å²) in [7, 11) is 3.20. The molecule has 2 aliphatic rings. The van der Waals surface area contributed by atoms with Gasteiger partial charge >= 0.3 is 0 Å². The van der Waals surface area contributed by atoms with Crippen LogP contribution in [-0.4, -0.2) is 25.9 Å². The number of aryl methyl sites for hydroxylation is 1. The first-order valence-electron chi connectivity index (χ1n) is 9.84. The van der Waals surface area contributed by atoms with E-state index in [1.54, 1.807) is 14.2 Å². The highest BCUT2D eigenvalue weighted by Gasteiger charge is 2.38. The number of methoxy groups -OCH3 is 2. The number of hydrogen-bond donors (Lipinski definition) is 1.